The first-order valence-electron chi connectivity index (χ1n) is 9.72. The Hall–Kier alpha value is -2.12. The van der Waals surface area contributed by atoms with Gasteiger partial charge in [-0.05, 0) is 30.5 Å². The van der Waals surface area contributed by atoms with Crippen LogP contribution in [0.5, 0.6) is 5.75 Å². The van der Waals surface area contributed by atoms with Crippen molar-refractivity contribution in [1.82, 2.24) is 15.5 Å². The molecule has 1 atom stereocenters. The molecule has 148 valence electrons. The first kappa shape index (κ1) is 19.6. The summed E-state index contributed by atoms with van der Waals surface area (Å²) in [4.78, 5) is 26.7. The first-order chi connectivity index (χ1) is 13.2. The van der Waals surface area contributed by atoms with Gasteiger partial charge in [0.05, 0.1) is 26.4 Å². The van der Waals surface area contributed by atoms with Gasteiger partial charge in [0.2, 0.25) is 0 Å². The molecule has 0 spiro atoms. The zero-order chi connectivity index (χ0) is 19.1. The molecule has 3 rings (SSSR count). The highest BCUT2D eigenvalue weighted by Crippen LogP contribution is 2.25. The third-order valence-electron chi connectivity index (χ3n) is 5.32. The van der Waals surface area contributed by atoms with E-state index in [4.69, 9.17) is 9.47 Å². The Balaban J connectivity index is 1.63. The quantitative estimate of drug-likeness (QED) is 0.732. The van der Waals surface area contributed by atoms with E-state index in [1.807, 2.05) is 24.3 Å². The third kappa shape index (κ3) is 5.43. The lowest BCUT2D eigenvalue weighted by molar-refractivity contribution is -0.139. The van der Waals surface area contributed by atoms with Crippen molar-refractivity contribution >= 4 is 11.8 Å². The standard InChI is InChI=1S/C20H29N3O4/c1-26-17-8-4-5-15(13-17)18(23-9-11-27-12-10-23)14-21-19(24)20(25)22-16-6-2-3-7-16/h4-5,8,13,16,18H,2-3,6-7,9-12,14H2,1H3,(H,21,24)(H,22,25). The fourth-order valence-corrected chi connectivity index (χ4v) is 3.79. The predicted octanol–water partition coefficient (Wildman–Crippen LogP) is 1.24. The van der Waals surface area contributed by atoms with E-state index in [9.17, 15) is 9.59 Å². The molecule has 1 unspecified atom stereocenters. The number of carbonyl (C=O) groups is 2. The monoisotopic (exact) mass is 375 g/mol. The fourth-order valence-electron chi connectivity index (χ4n) is 3.79. The molecular weight excluding hydrogens is 346 g/mol. The minimum absolute atomic E-state index is 0.0350. The van der Waals surface area contributed by atoms with Crippen LogP contribution in [0.15, 0.2) is 24.3 Å². The third-order valence-corrected chi connectivity index (χ3v) is 5.32. The zero-order valence-electron chi connectivity index (χ0n) is 15.9. The van der Waals surface area contributed by atoms with Crippen molar-refractivity contribution in [3.63, 3.8) is 0 Å². The van der Waals surface area contributed by atoms with Gasteiger partial charge in [-0.3, -0.25) is 14.5 Å². The van der Waals surface area contributed by atoms with E-state index in [0.717, 1.165) is 50.1 Å². The van der Waals surface area contributed by atoms with Gasteiger partial charge < -0.3 is 20.1 Å². The van der Waals surface area contributed by atoms with E-state index in [0.29, 0.717) is 19.8 Å². The Morgan fingerprint density at radius 2 is 1.96 bits per heavy atom. The van der Waals surface area contributed by atoms with Crippen LogP contribution in [0, 0.1) is 0 Å². The molecule has 1 aliphatic carbocycles. The summed E-state index contributed by atoms with van der Waals surface area (Å²) < 4.78 is 10.8. The number of carbonyl (C=O) groups excluding carboxylic acids is 2. The highest BCUT2D eigenvalue weighted by molar-refractivity contribution is 6.35. The summed E-state index contributed by atoms with van der Waals surface area (Å²) >= 11 is 0. The molecule has 0 radical (unpaired) electrons. The molecule has 0 bridgehead atoms. The van der Waals surface area contributed by atoms with Crippen molar-refractivity contribution in [3.8, 4) is 5.75 Å². The van der Waals surface area contributed by atoms with Gasteiger partial charge in [-0.1, -0.05) is 25.0 Å². The number of benzene rings is 1. The molecule has 0 aromatic heterocycles. The number of amides is 2. The van der Waals surface area contributed by atoms with Crippen LogP contribution in [0.4, 0.5) is 0 Å². The Labute approximate surface area is 160 Å². The average molecular weight is 375 g/mol. The minimum atomic E-state index is -0.567. The van der Waals surface area contributed by atoms with Crippen molar-refractivity contribution in [3.05, 3.63) is 29.8 Å². The van der Waals surface area contributed by atoms with Crippen LogP contribution in [-0.2, 0) is 14.3 Å². The van der Waals surface area contributed by atoms with Gasteiger partial charge in [-0.2, -0.15) is 0 Å². The number of morpholine rings is 1. The second-order valence-electron chi connectivity index (χ2n) is 7.11. The first-order valence-corrected chi connectivity index (χ1v) is 9.72. The van der Waals surface area contributed by atoms with E-state index >= 15 is 0 Å². The van der Waals surface area contributed by atoms with Crippen LogP contribution in [0.2, 0.25) is 0 Å². The van der Waals surface area contributed by atoms with Crippen molar-refractivity contribution in [2.75, 3.05) is 40.0 Å². The summed E-state index contributed by atoms with van der Waals surface area (Å²) in [6.45, 7) is 3.26. The topological polar surface area (TPSA) is 79.9 Å². The molecule has 2 N–H and O–H groups in total. The highest BCUT2D eigenvalue weighted by Gasteiger charge is 2.26. The molecule has 2 amide bonds. The van der Waals surface area contributed by atoms with Gasteiger partial charge in [-0.25, -0.2) is 0 Å². The number of hydrogen-bond acceptors (Lipinski definition) is 5. The van der Waals surface area contributed by atoms with Crippen LogP contribution in [-0.4, -0.2) is 62.7 Å². The molecule has 2 fully saturated rings. The summed E-state index contributed by atoms with van der Waals surface area (Å²) in [6.07, 6.45) is 4.14. The number of nitrogens with one attached hydrogen (secondary N) is 2. The SMILES string of the molecule is COc1cccc(C(CNC(=O)C(=O)NC2CCCC2)N2CCOCC2)c1. The average Bonchev–Trinajstić information content (AvgIpc) is 3.22. The number of nitrogens with zero attached hydrogens (tertiary/aromatic N) is 1. The van der Waals surface area contributed by atoms with Crippen molar-refractivity contribution in [2.45, 2.75) is 37.8 Å². The van der Waals surface area contributed by atoms with Gasteiger partial charge >= 0.3 is 11.8 Å². The predicted molar refractivity (Wildman–Crippen MR) is 102 cm³/mol. The highest BCUT2D eigenvalue weighted by atomic mass is 16.5. The number of hydrogen-bond donors (Lipinski definition) is 2. The maximum Gasteiger partial charge on any atom is 0.309 e. The molecule has 27 heavy (non-hydrogen) atoms. The summed E-state index contributed by atoms with van der Waals surface area (Å²) in [6, 6.07) is 7.94. The smallest absolute Gasteiger partial charge is 0.309 e. The van der Waals surface area contributed by atoms with Gasteiger partial charge in [0.15, 0.2) is 0 Å². The molecule has 7 heteroatoms. The van der Waals surface area contributed by atoms with Crippen molar-refractivity contribution in [1.29, 1.82) is 0 Å². The van der Waals surface area contributed by atoms with Gasteiger partial charge in [0.25, 0.3) is 0 Å². The zero-order valence-corrected chi connectivity index (χ0v) is 15.9. The number of ether oxygens (including phenoxy) is 2. The second kappa shape index (κ2) is 9.71. The normalized spacial score (nSPS) is 19.4. The summed E-state index contributed by atoms with van der Waals surface area (Å²) in [5.41, 5.74) is 1.05. The lowest BCUT2D eigenvalue weighted by Gasteiger charge is -2.35. The maximum absolute atomic E-state index is 12.3. The lowest BCUT2D eigenvalue weighted by atomic mass is 10.0. The van der Waals surface area contributed by atoms with Crippen molar-refractivity contribution < 1.29 is 19.1 Å². The molecule has 1 saturated heterocycles. The van der Waals surface area contributed by atoms with Crippen LogP contribution in [0.3, 0.4) is 0 Å². The molecule has 1 heterocycles. The fraction of sp³-hybridized carbons (Fsp3) is 0.600. The summed E-state index contributed by atoms with van der Waals surface area (Å²) in [5.74, 6) is -0.326. The molecular formula is C20H29N3O4. The van der Waals surface area contributed by atoms with Crippen molar-refractivity contribution in [2.24, 2.45) is 0 Å². The summed E-state index contributed by atoms with van der Waals surface area (Å²) in [5, 5.41) is 5.65. The molecule has 2 aliphatic rings. The number of methoxy groups -OCH3 is 1. The van der Waals surface area contributed by atoms with Crippen LogP contribution >= 0.6 is 0 Å². The van der Waals surface area contributed by atoms with E-state index in [1.165, 1.54) is 0 Å². The van der Waals surface area contributed by atoms with E-state index < -0.39 is 11.8 Å². The van der Waals surface area contributed by atoms with E-state index in [2.05, 4.69) is 15.5 Å². The Morgan fingerprint density at radius 1 is 1.22 bits per heavy atom. The Morgan fingerprint density at radius 3 is 2.67 bits per heavy atom. The van der Waals surface area contributed by atoms with Crippen LogP contribution in [0.1, 0.15) is 37.3 Å². The van der Waals surface area contributed by atoms with Crippen LogP contribution in [0.25, 0.3) is 0 Å². The van der Waals surface area contributed by atoms with E-state index in [1.54, 1.807) is 7.11 Å². The van der Waals surface area contributed by atoms with Gasteiger partial charge in [0.1, 0.15) is 5.75 Å². The van der Waals surface area contributed by atoms with Gasteiger partial charge in [-0.15, -0.1) is 0 Å². The van der Waals surface area contributed by atoms with Crippen LogP contribution < -0.4 is 15.4 Å². The molecule has 1 saturated carbocycles. The maximum atomic E-state index is 12.3. The lowest BCUT2D eigenvalue weighted by Crippen LogP contribution is -2.48. The largest absolute Gasteiger partial charge is 0.497 e. The second-order valence-corrected chi connectivity index (χ2v) is 7.11. The molecule has 1 aromatic rings. The summed E-state index contributed by atoms with van der Waals surface area (Å²) in [7, 11) is 1.64. The Bertz CT molecular complexity index is 640. The minimum Gasteiger partial charge on any atom is -0.497 e. The molecule has 1 aromatic carbocycles. The van der Waals surface area contributed by atoms with E-state index in [-0.39, 0.29) is 12.1 Å². The Kier molecular flexibility index (Phi) is 7.06. The molecule has 7 nitrogen and oxygen atoms in total. The van der Waals surface area contributed by atoms with Gasteiger partial charge in [0, 0.05) is 25.7 Å². The number of rotatable bonds is 6. The molecule has 1 aliphatic heterocycles.